The molecule has 0 aliphatic carbocycles. The van der Waals surface area contributed by atoms with Gasteiger partial charge in [-0.25, -0.2) is 4.79 Å². The number of hydrogen-bond donors (Lipinski definition) is 1. The van der Waals surface area contributed by atoms with Crippen molar-refractivity contribution in [2.45, 2.75) is 6.29 Å². The van der Waals surface area contributed by atoms with Crippen LogP contribution in [0.3, 0.4) is 0 Å². The monoisotopic (exact) mass is 146 g/mol. The lowest BCUT2D eigenvalue weighted by Gasteiger charge is -2.06. The van der Waals surface area contributed by atoms with Crippen LogP contribution in [-0.2, 0) is 14.3 Å². The number of methoxy groups -OCH3 is 1. The van der Waals surface area contributed by atoms with Crippen LogP contribution in [0, 0.1) is 0 Å². The molecule has 0 unspecified atom stereocenters. The van der Waals surface area contributed by atoms with E-state index in [-0.39, 0.29) is 6.61 Å². The standard InChI is InChI=1S/C6H10O4/c1-3-4-10-6(8)5(7)9-2/h3,6,8H,1,4H2,2H3/t6-/m1/s1. The molecule has 0 aliphatic heterocycles. The smallest absolute Gasteiger partial charge is 0.363 e. The Morgan fingerprint density at radius 2 is 2.50 bits per heavy atom. The molecule has 4 nitrogen and oxygen atoms in total. The van der Waals surface area contributed by atoms with Gasteiger partial charge in [0.2, 0.25) is 0 Å². The number of carbonyl (C=O) groups excluding carboxylic acids is 1. The van der Waals surface area contributed by atoms with Gasteiger partial charge in [0, 0.05) is 0 Å². The molecule has 0 heterocycles. The molecule has 0 aromatic carbocycles. The lowest BCUT2D eigenvalue weighted by molar-refractivity contribution is -0.177. The molecule has 0 bridgehead atoms. The Morgan fingerprint density at radius 1 is 1.90 bits per heavy atom. The number of aliphatic hydroxyl groups is 1. The Labute approximate surface area is 59.1 Å². The van der Waals surface area contributed by atoms with E-state index in [1.165, 1.54) is 13.2 Å². The van der Waals surface area contributed by atoms with Crippen molar-refractivity contribution in [3.8, 4) is 0 Å². The average Bonchev–Trinajstić information content (AvgIpc) is 1.98. The fraction of sp³-hybridized carbons (Fsp3) is 0.500. The van der Waals surface area contributed by atoms with E-state index in [0.717, 1.165) is 0 Å². The van der Waals surface area contributed by atoms with Crippen LogP contribution < -0.4 is 0 Å². The van der Waals surface area contributed by atoms with Crippen LogP contribution in [0.2, 0.25) is 0 Å². The molecule has 0 saturated heterocycles. The molecule has 0 aliphatic rings. The third kappa shape index (κ3) is 3.21. The van der Waals surface area contributed by atoms with Crippen LogP contribution in [0.5, 0.6) is 0 Å². The van der Waals surface area contributed by atoms with Gasteiger partial charge < -0.3 is 14.6 Å². The van der Waals surface area contributed by atoms with Gasteiger partial charge in [0.15, 0.2) is 0 Å². The maximum atomic E-state index is 10.4. The molecule has 0 spiro atoms. The number of hydrogen-bond acceptors (Lipinski definition) is 4. The second kappa shape index (κ2) is 4.96. The Balaban J connectivity index is 3.50. The van der Waals surface area contributed by atoms with Crippen molar-refractivity contribution in [1.82, 2.24) is 0 Å². The molecule has 0 aromatic rings. The molecule has 10 heavy (non-hydrogen) atoms. The van der Waals surface area contributed by atoms with Gasteiger partial charge in [-0.05, 0) is 0 Å². The minimum Gasteiger partial charge on any atom is -0.465 e. The second-order valence-corrected chi connectivity index (χ2v) is 1.50. The maximum Gasteiger partial charge on any atom is 0.363 e. The molecule has 0 radical (unpaired) electrons. The Morgan fingerprint density at radius 3 is 2.90 bits per heavy atom. The highest BCUT2D eigenvalue weighted by molar-refractivity contribution is 5.72. The molecular formula is C6H10O4. The fourth-order valence-corrected chi connectivity index (χ4v) is 0.328. The molecule has 0 fully saturated rings. The maximum absolute atomic E-state index is 10.4. The average molecular weight is 146 g/mol. The van der Waals surface area contributed by atoms with Crippen molar-refractivity contribution in [2.75, 3.05) is 13.7 Å². The highest BCUT2D eigenvalue weighted by Gasteiger charge is 2.13. The predicted molar refractivity (Wildman–Crippen MR) is 34.2 cm³/mol. The summed E-state index contributed by atoms with van der Waals surface area (Å²) < 4.78 is 8.67. The number of rotatable bonds is 4. The van der Waals surface area contributed by atoms with Crippen molar-refractivity contribution < 1.29 is 19.4 Å². The van der Waals surface area contributed by atoms with Crippen molar-refractivity contribution in [1.29, 1.82) is 0 Å². The SMILES string of the molecule is C=CCO[C@@H](O)C(=O)OC. The van der Waals surface area contributed by atoms with Gasteiger partial charge in [-0.3, -0.25) is 0 Å². The third-order valence-corrected chi connectivity index (χ3v) is 0.775. The number of aliphatic hydroxyl groups excluding tert-OH is 1. The van der Waals surface area contributed by atoms with Gasteiger partial charge in [0.1, 0.15) is 0 Å². The lowest BCUT2D eigenvalue weighted by Crippen LogP contribution is -2.24. The minimum atomic E-state index is -1.50. The van der Waals surface area contributed by atoms with E-state index in [9.17, 15) is 4.79 Å². The van der Waals surface area contributed by atoms with Gasteiger partial charge in [0.05, 0.1) is 13.7 Å². The summed E-state index contributed by atoms with van der Waals surface area (Å²) in [5, 5.41) is 8.70. The first-order valence-electron chi connectivity index (χ1n) is 2.70. The molecule has 1 N–H and O–H groups in total. The molecule has 0 aromatic heterocycles. The number of esters is 1. The number of carbonyl (C=O) groups is 1. The molecule has 58 valence electrons. The zero-order valence-corrected chi connectivity index (χ0v) is 5.74. The molecule has 4 heteroatoms. The first-order valence-corrected chi connectivity index (χ1v) is 2.70. The van der Waals surface area contributed by atoms with E-state index in [2.05, 4.69) is 16.1 Å². The van der Waals surface area contributed by atoms with Crippen molar-refractivity contribution in [3.05, 3.63) is 12.7 Å². The third-order valence-electron chi connectivity index (χ3n) is 0.775. The molecule has 1 atom stereocenters. The summed E-state index contributed by atoms with van der Waals surface area (Å²) in [4.78, 5) is 10.4. The number of ether oxygens (including phenoxy) is 2. The minimum absolute atomic E-state index is 0.121. The van der Waals surface area contributed by atoms with Crippen molar-refractivity contribution in [3.63, 3.8) is 0 Å². The van der Waals surface area contributed by atoms with Crippen molar-refractivity contribution in [2.24, 2.45) is 0 Å². The fourth-order valence-electron chi connectivity index (χ4n) is 0.328. The zero-order chi connectivity index (χ0) is 7.98. The second-order valence-electron chi connectivity index (χ2n) is 1.50. The molecule has 0 amide bonds. The highest BCUT2D eigenvalue weighted by Crippen LogP contribution is 1.89. The molecule has 0 saturated carbocycles. The summed E-state index contributed by atoms with van der Waals surface area (Å²) >= 11 is 0. The predicted octanol–water partition coefficient (Wildman–Crippen LogP) is -0.320. The van der Waals surface area contributed by atoms with Crippen LogP contribution in [0.4, 0.5) is 0 Å². The van der Waals surface area contributed by atoms with E-state index >= 15 is 0 Å². The Hall–Kier alpha value is -0.870. The van der Waals surface area contributed by atoms with E-state index in [0.29, 0.717) is 0 Å². The zero-order valence-electron chi connectivity index (χ0n) is 5.74. The van der Waals surface area contributed by atoms with Gasteiger partial charge in [-0.15, -0.1) is 6.58 Å². The Kier molecular flexibility index (Phi) is 4.53. The topological polar surface area (TPSA) is 55.8 Å². The summed E-state index contributed by atoms with van der Waals surface area (Å²) in [5.41, 5.74) is 0. The summed E-state index contributed by atoms with van der Waals surface area (Å²) in [6.45, 7) is 3.45. The van der Waals surface area contributed by atoms with Gasteiger partial charge in [-0.1, -0.05) is 6.08 Å². The quantitative estimate of drug-likeness (QED) is 0.335. The summed E-state index contributed by atoms with van der Waals surface area (Å²) in [5.74, 6) is -0.804. The van der Waals surface area contributed by atoms with E-state index in [1.54, 1.807) is 0 Å². The first-order chi connectivity index (χ1) is 4.72. The van der Waals surface area contributed by atoms with Gasteiger partial charge in [0.25, 0.3) is 6.29 Å². The summed E-state index contributed by atoms with van der Waals surface area (Å²) in [6.07, 6.45) is -0.0744. The van der Waals surface area contributed by atoms with E-state index in [4.69, 9.17) is 5.11 Å². The van der Waals surface area contributed by atoms with E-state index in [1.807, 2.05) is 0 Å². The summed E-state index contributed by atoms with van der Waals surface area (Å²) in [6, 6.07) is 0. The van der Waals surface area contributed by atoms with Crippen LogP contribution in [0.15, 0.2) is 12.7 Å². The van der Waals surface area contributed by atoms with Crippen LogP contribution in [0.1, 0.15) is 0 Å². The largest absolute Gasteiger partial charge is 0.465 e. The molecule has 0 rings (SSSR count). The normalized spacial score (nSPS) is 12.2. The van der Waals surface area contributed by atoms with Crippen LogP contribution in [-0.4, -0.2) is 31.1 Å². The highest BCUT2D eigenvalue weighted by atomic mass is 16.6. The first kappa shape index (κ1) is 9.13. The van der Waals surface area contributed by atoms with Crippen LogP contribution in [0.25, 0.3) is 0 Å². The van der Waals surface area contributed by atoms with Crippen molar-refractivity contribution >= 4 is 5.97 Å². The lowest BCUT2D eigenvalue weighted by atomic mass is 10.6. The molecular weight excluding hydrogens is 136 g/mol. The van der Waals surface area contributed by atoms with E-state index < -0.39 is 12.3 Å². The van der Waals surface area contributed by atoms with Crippen LogP contribution >= 0.6 is 0 Å². The van der Waals surface area contributed by atoms with Gasteiger partial charge >= 0.3 is 5.97 Å². The summed E-state index contributed by atoms with van der Waals surface area (Å²) in [7, 11) is 1.17. The Bertz CT molecular complexity index is 121. The van der Waals surface area contributed by atoms with Gasteiger partial charge in [-0.2, -0.15) is 0 Å².